The van der Waals surface area contributed by atoms with Gasteiger partial charge in [0.05, 0.1) is 16.7 Å². The number of esters is 3. The third kappa shape index (κ3) is 6.79. The van der Waals surface area contributed by atoms with Crippen molar-refractivity contribution >= 4 is 17.9 Å². The summed E-state index contributed by atoms with van der Waals surface area (Å²) in [5, 5.41) is 3.78. The zero-order chi connectivity index (χ0) is 27.6. The molecule has 1 saturated heterocycles. The minimum absolute atomic E-state index is 0.220. The van der Waals surface area contributed by atoms with E-state index < -0.39 is 48.6 Å². The fourth-order valence-corrected chi connectivity index (χ4v) is 4.02. The first kappa shape index (κ1) is 27.3. The lowest BCUT2D eigenvalue weighted by Gasteiger charge is -2.43. The van der Waals surface area contributed by atoms with Gasteiger partial charge < -0.3 is 23.7 Å². The van der Waals surface area contributed by atoms with Crippen LogP contribution in [0.4, 0.5) is 0 Å². The fraction of sp³-hybridized carbons (Fsp3) is 0.250. The van der Waals surface area contributed by atoms with Crippen LogP contribution in [0.15, 0.2) is 96.1 Å². The smallest absolute Gasteiger partial charge is 0.338 e. The number of hydrogen-bond acceptors (Lipinski definition) is 9. The van der Waals surface area contributed by atoms with Crippen molar-refractivity contribution < 1.29 is 38.1 Å². The number of azide groups is 1. The average Bonchev–Trinajstić information content (AvgIpc) is 2.99. The molecular formula is C28H25N3O8. The standard InChI is InChI=1S/C28H25N3O8/c1-35-28-24(39-27(34)20-15-9-4-10-16-20)23(38-26(33)19-13-7-3-8-14-19)22(30-31-29)21(37-28)17-36-25(32)18-11-5-2-6-12-18/h2-16,21-24,28H,17H2,1H3/t21-,22-,23+,24-,28-/m1/s1. The number of rotatable bonds is 9. The first-order valence-corrected chi connectivity index (χ1v) is 12.0. The van der Waals surface area contributed by atoms with Gasteiger partial charge in [0.15, 0.2) is 18.5 Å². The summed E-state index contributed by atoms with van der Waals surface area (Å²) in [7, 11) is 1.31. The van der Waals surface area contributed by atoms with E-state index in [1.807, 2.05) is 0 Å². The second-order valence-electron chi connectivity index (χ2n) is 8.41. The first-order chi connectivity index (χ1) is 19.0. The highest BCUT2D eigenvalue weighted by Gasteiger charge is 2.51. The second-order valence-corrected chi connectivity index (χ2v) is 8.41. The van der Waals surface area contributed by atoms with Crippen molar-refractivity contribution in [2.24, 2.45) is 5.11 Å². The number of nitrogens with zero attached hydrogens (tertiary/aromatic N) is 3. The molecule has 1 aliphatic heterocycles. The van der Waals surface area contributed by atoms with Gasteiger partial charge in [0.2, 0.25) is 0 Å². The first-order valence-electron chi connectivity index (χ1n) is 12.0. The molecule has 11 nitrogen and oxygen atoms in total. The van der Waals surface area contributed by atoms with E-state index >= 15 is 0 Å². The van der Waals surface area contributed by atoms with Crippen LogP contribution in [0.3, 0.4) is 0 Å². The molecule has 3 aromatic carbocycles. The zero-order valence-corrected chi connectivity index (χ0v) is 20.9. The van der Waals surface area contributed by atoms with Crippen molar-refractivity contribution in [2.75, 3.05) is 13.7 Å². The Kier molecular flexibility index (Phi) is 9.25. The van der Waals surface area contributed by atoms with Crippen molar-refractivity contribution in [1.29, 1.82) is 0 Å². The van der Waals surface area contributed by atoms with Crippen molar-refractivity contribution in [2.45, 2.75) is 30.6 Å². The third-order valence-electron chi connectivity index (χ3n) is 5.93. The molecule has 0 N–H and O–H groups in total. The number of benzene rings is 3. The lowest BCUT2D eigenvalue weighted by molar-refractivity contribution is -0.267. The predicted molar refractivity (Wildman–Crippen MR) is 137 cm³/mol. The van der Waals surface area contributed by atoms with E-state index in [0.29, 0.717) is 5.56 Å². The largest absolute Gasteiger partial charge is 0.459 e. The molecule has 0 aliphatic carbocycles. The van der Waals surface area contributed by atoms with Gasteiger partial charge in [-0.3, -0.25) is 0 Å². The quantitative estimate of drug-likeness (QED) is 0.130. The summed E-state index contributed by atoms with van der Waals surface area (Å²) in [6, 6.07) is 23.3. The Labute approximate surface area is 223 Å². The van der Waals surface area contributed by atoms with Crippen LogP contribution in [-0.2, 0) is 23.7 Å². The summed E-state index contributed by atoms with van der Waals surface area (Å²) in [5.74, 6) is -2.12. The molecule has 1 fully saturated rings. The topological polar surface area (TPSA) is 146 Å². The number of hydrogen-bond donors (Lipinski definition) is 0. The summed E-state index contributed by atoms with van der Waals surface area (Å²) in [5.41, 5.74) is 10.1. The van der Waals surface area contributed by atoms with Gasteiger partial charge in [-0.15, -0.1) is 0 Å². The van der Waals surface area contributed by atoms with Crippen LogP contribution >= 0.6 is 0 Å². The highest BCUT2D eigenvalue weighted by molar-refractivity contribution is 5.90. The van der Waals surface area contributed by atoms with E-state index in [2.05, 4.69) is 10.0 Å². The van der Waals surface area contributed by atoms with Crippen molar-refractivity contribution in [3.63, 3.8) is 0 Å². The van der Waals surface area contributed by atoms with E-state index in [-0.39, 0.29) is 17.7 Å². The molecule has 0 bridgehead atoms. The van der Waals surface area contributed by atoms with Crippen molar-refractivity contribution in [1.82, 2.24) is 0 Å². The van der Waals surface area contributed by atoms with Gasteiger partial charge in [-0.2, -0.15) is 0 Å². The molecule has 39 heavy (non-hydrogen) atoms. The Morgan fingerprint density at radius 3 is 1.69 bits per heavy atom. The summed E-state index contributed by atoms with van der Waals surface area (Å²) in [6.07, 6.45) is -5.03. The molecule has 1 heterocycles. The highest BCUT2D eigenvalue weighted by atomic mass is 16.7. The van der Waals surface area contributed by atoms with Crippen LogP contribution in [0.25, 0.3) is 10.4 Å². The normalized spacial score (nSPS) is 22.1. The molecule has 4 rings (SSSR count). The van der Waals surface area contributed by atoms with Crippen LogP contribution in [0.5, 0.6) is 0 Å². The monoisotopic (exact) mass is 531 g/mol. The highest BCUT2D eigenvalue weighted by Crippen LogP contribution is 2.31. The molecule has 11 heteroatoms. The van der Waals surface area contributed by atoms with E-state index in [0.717, 1.165) is 0 Å². The minimum Gasteiger partial charge on any atom is -0.459 e. The minimum atomic E-state index is -1.35. The summed E-state index contributed by atoms with van der Waals surface area (Å²) < 4.78 is 28.2. The van der Waals surface area contributed by atoms with E-state index in [1.165, 1.54) is 7.11 Å². The number of ether oxygens (including phenoxy) is 5. The molecule has 0 spiro atoms. The van der Waals surface area contributed by atoms with Crippen LogP contribution in [0.2, 0.25) is 0 Å². The third-order valence-corrected chi connectivity index (χ3v) is 5.93. The summed E-state index contributed by atoms with van der Waals surface area (Å²) >= 11 is 0. The van der Waals surface area contributed by atoms with Gasteiger partial charge >= 0.3 is 17.9 Å². The molecule has 200 valence electrons. The molecule has 1 aliphatic rings. The maximum Gasteiger partial charge on any atom is 0.338 e. The number of methoxy groups -OCH3 is 1. The summed E-state index contributed by atoms with van der Waals surface area (Å²) in [6.45, 7) is -0.365. The van der Waals surface area contributed by atoms with Crippen LogP contribution in [0, 0.1) is 0 Å². The second kappa shape index (κ2) is 13.2. The number of carbonyl (C=O) groups excluding carboxylic acids is 3. The fourth-order valence-electron chi connectivity index (χ4n) is 4.02. The Bertz CT molecular complexity index is 1320. The number of carbonyl (C=O) groups is 3. The molecule has 0 aromatic heterocycles. The Hall–Kier alpha value is -4.70. The predicted octanol–water partition coefficient (Wildman–Crippen LogP) is 4.34. The lowest BCUT2D eigenvalue weighted by Crippen LogP contribution is -2.61. The molecule has 5 atom stereocenters. The zero-order valence-electron chi connectivity index (χ0n) is 20.9. The van der Waals surface area contributed by atoms with E-state index in [9.17, 15) is 19.9 Å². The maximum atomic E-state index is 13.1. The van der Waals surface area contributed by atoms with Gasteiger partial charge in [0.25, 0.3) is 0 Å². The average molecular weight is 532 g/mol. The van der Waals surface area contributed by atoms with Crippen molar-refractivity contribution in [3.8, 4) is 0 Å². The van der Waals surface area contributed by atoms with Gasteiger partial charge in [0.1, 0.15) is 18.8 Å². The maximum absolute atomic E-state index is 13.1. The lowest BCUT2D eigenvalue weighted by atomic mass is 9.96. The van der Waals surface area contributed by atoms with Gasteiger partial charge in [-0.05, 0) is 41.9 Å². The Morgan fingerprint density at radius 2 is 1.23 bits per heavy atom. The Balaban J connectivity index is 1.63. The van der Waals surface area contributed by atoms with E-state index in [4.69, 9.17) is 23.7 Å². The van der Waals surface area contributed by atoms with Gasteiger partial charge in [-0.1, -0.05) is 59.7 Å². The van der Waals surface area contributed by atoms with Crippen LogP contribution in [0.1, 0.15) is 31.1 Å². The summed E-state index contributed by atoms with van der Waals surface area (Å²) in [4.78, 5) is 41.4. The van der Waals surface area contributed by atoms with Crippen LogP contribution in [-0.4, -0.2) is 62.3 Å². The van der Waals surface area contributed by atoms with Crippen molar-refractivity contribution in [3.05, 3.63) is 118 Å². The van der Waals surface area contributed by atoms with Gasteiger partial charge in [0, 0.05) is 12.0 Å². The SMILES string of the molecule is CO[C@@H]1O[C@H](COC(=O)c2ccccc2)[C@@H](N=[N+]=[N-])[C@H](OC(=O)c2ccccc2)[C@H]1OC(=O)c1ccccc1. The van der Waals surface area contributed by atoms with Gasteiger partial charge in [-0.25, -0.2) is 14.4 Å². The molecule has 0 unspecified atom stereocenters. The Morgan fingerprint density at radius 1 is 0.769 bits per heavy atom. The molecular weight excluding hydrogens is 506 g/mol. The molecule has 0 saturated carbocycles. The van der Waals surface area contributed by atoms with Crippen LogP contribution < -0.4 is 0 Å². The molecule has 3 aromatic rings. The molecule has 0 amide bonds. The molecule has 0 radical (unpaired) electrons. The van der Waals surface area contributed by atoms with E-state index in [1.54, 1.807) is 91.0 Å².